The topological polar surface area (TPSA) is 12.0 Å². The third-order valence-electron chi connectivity index (χ3n) is 3.57. The van der Waals surface area contributed by atoms with Gasteiger partial charge >= 0.3 is 0 Å². The second-order valence-corrected chi connectivity index (χ2v) is 4.86. The van der Waals surface area contributed by atoms with Crippen molar-refractivity contribution in [3.05, 3.63) is 35.4 Å². The van der Waals surface area contributed by atoms with E-state index >= 15 is 0 Å². The zero-order chi connectivity index (χ0) is 10.7. The molecule has 1 N–H and O–H groups in total. The SMILES string of the molecule is CCCCC1(c2cccc(C)c2)CNC1. The van der Waals surface area contributed by atoms with Gasteiger partial charge < -0.3 is 5.32 Å². The first-order valence-electron chi connectivity index (χ1n) is 6.05. The van der Waals surface area contributed by atoms with Crippen molar-refractivity contribution in [3.63, 3.8) is 0 Å². The van der Waals surface area contributed by atoms with Crippen LogP contribution >= 0.6 is 0 Å². The van der Waals surface area contributed by atoms with Crippen molar-refractivity contribution in [2.75, 3.05) is 13.1 Å². The third kappa shape index (κ3) is 2.07. The molecule has 0 aliphatic carbocycles. The van der Waals surface area contributed by atoms with Gasteiger partial charge in [-0.15, -0.1) is 0 Å². The summed E-state index contributed by atoms with van der Waals surface area (Å²) in [5.41, 5.74) is 3.37. The van der Waals surface area contributed by atoms with E-state index in [1.54, 1.807) is 0 Å². The van der Waals surface area contributed by atoms with E-state index in [0.717, 1.165) is 13.1 Å². The predicted octanol–water partition coefficient (Wildman–Crippen LogP) is 3.03. The van der Waals surface area contributed by atoms with E-state index in [1.165, 1.54) is 30.4 Å². The minimum atomic E-state index is 0.446. The average molecular weight is 203 g/mol. The van der Waals surface area contributed by atoms with Crippen LogP contribution in [0.3, 0.4) is 0 Å². The third-order valence-corrected chi connectivity index (χ3v) is 3.57. The summed E-state index contributed by atoms with van der Waals surface area (Å²) in [6.07, 6.45) is 3.98. The van der Waals surface area contributed by atoms with Gasteiger partial charge in [-0.05, 0) is 18.9 Å². The van der Waals surface area contributed by atoms with Gasteiger partial charge in [-0.2, -0.15) is 0 Å². The molecule has 1 aliphatic rings. The van der Waals surface area contributed by atoms with E-state index in [-0.39, 0.29) is 0 Å². The van der Waals surface area contributed by atoms with Crippen LogP contribution < -0.4 is 5.32 Å². The number of hydrogen-bond donors (Lipinski definition) is 1. The minimum absolute atomic E-state index is 0.446. The summed E-state index contributed by atoms with van der Waals surface area (Å²) in [4.78, 5) is 0. The second kappa shape index (κ2) is 4.36. The van der Waals surface area contributed by atoms with E-state index in [2.05, 4.69) is 43.4 Å². The van der Waals surface area contributed by atoms with Gasteiger partial charge in [-0.1, -0.05) is 49.6 Å². The molecule has 0 amide bonds. The highest BCUT2D eigenvalue weighted by molar-refractivity contribution is 5.32. The number of aryl methyl sites for hydroxylation is 1. The molecule has 0 radical (unpaired) electrons. The van der Waals surface area contributed by atoms with Crippen LogP contribution in [0.1, 0.15) is 37.3 Å². The molecule has 1 fully saturated rings. The molecular formula is C14H21N. The Hall–Kier alpha value is -0.820. The van der Waals surface area contributed by atoms with Crippen molar-refractivity contribution < 1.29 is 0 Å². The molecule has 1 aromatic carbocycles. The van der Waals surface area contributed by atoms with E-state index < -0.39 is 0 Å². The van der Waals surface area contributed by atoms with Crippen LogP contribution in [-0.2, 0) is 5.41 Å². The van der Waals surface area contributed by atoms with Crippen molar-refractivity contribution >= 4 is 0 Å². The Bertz CT molecular complexity index is 326. The van der Waals surface area contributed by atoms with Crippen molar-refractivity contribution in [1.29, 1.82) is 0 Å². The second-order valence-electron chi connectivity index (χ2n) is 4.86. The maximum absolute atomic E-state index is 3.43. The van der Waals surface area contributed by atoms with E-state index in [0.29, 0.717) is 5.41 Å². The normalized spacial score (nSPS) is 18.5. The Morgan fingerprint density at radius 3 is 2.67 bits per heavy atom. The fourth-order valence-corrected chi connectivity index (χ4v) is 2.44. The van der Waals surface area contributed by atoms with Gasteiger partial charge in [-0.3, -0.25) is 0 Å². The van der Waals surface area contributed by atoms with Crippen LogP contribution in [0.4, 0.5) is 0 Å². The van der Waals surface area contributed by atoms with Gasteiger partial charge in [0.25, 0.3) is 0 Å². The molecule has 0 atom stereocenters. The molecule has 82 valence electrons. The summed E-state index contributed by atoms with van der Waals surface area (Å²) in [7, 11) is 0. The van der Waals surface area contributed by atoms with Crippen LogP contribution in [-0.4, -0.2) is 13.1 Å². The quantitative estimate of drug-likeness (QED) is 0.793. The monoisotopic (exact) mass is 203 g/mol. The number of rotatable bonds is 4. The van der Waals surface area contributed by atoms with Crippen molar-refractivity contribution in [3.8, 4) is 0 Å². The summed E-state index contributed by atoms with van der Waals surface area (Å²) in [5.74, 6) is 0. The van der Waals surface area contributed by atoms with Gasteiger partial charge in [0.15, 0.2) is 0 Å². The molecule has 15 heavy (non-hydrogen) atoms. The minimum Gasteiger partial charge on any atom is -0.315 e. The average Bonchev–Trinajstić information content (AvgIpc) is 2.16. The van der Waals surface area contributed by atoms with Crippen LogP contribution in [0.2, 0.25) is 0 Å². The van der Waals surface area contributed by atoms with Gasteiger partial charge in [0.1, 0.15) is 0 Å². The molecule has 1 aromatic rings. The summed E-state index contributed by atoms with van der Waals surface area (Å²) in [6, 6.07) is 9.03. The molecule has 2 rings (SSSR count). The summed E-state index contributed by atoms with van der Waals surface area (Å²) in [6.45, 7) is 6.78. The lowest BCUT2D eigenvalue weighted by Gasteiger charge is -2.43. The van der Waals surface area contributed by atoms with Gasteiger partial charge in [-0.25, -0.2) is 0 Å². The molecule has 0 bridgehead atoms. The number of benzene rings is 1. The van der Waals surface area contributed by atoms with Crippen molar-refractivity contribution in [1.82, 2.24) is 5.32 Å². The summed E-state index contributed by atoms with van der Waals surface area (Å²) < 4.78 is 0. The molecule has 1 heteroatoms. The zero-order valence-corrected chi connectivity index (χ0v) is 9.84. The van der Waals surface area contributed by atoms with Gasteiger partial charge in [0.2, 0.25) is 0 Å². The first-order valence-corrected chi connectivity index (χ1v) is 6.05. The maximum atomic E-state index is 3.43. The molecule has 1 aliphatic heterocycles. The molecule has 1 saturated heterocycles. The Labute approximate surface area is 92.9 Å². The van der Waals surface area contributed by atoms with Crippen LogP contribution in [0.25, 0.3) is 0 Å². The molecular weight excluding hydrogens is 182 g/mol. The van der Waals surface area contributed by atoms with E-state index in [9.17, 15) is 0 Å². The fraction of sp³-hybridized carbons (Fsp3) is 0.571. The summed E-state index contributed by atoms with van der Waals surface area (Å²) >= 11 is 0. The largest absolute Gasteiger partial charge is 0.315 e. The number of nitrogens with one attached hydrogen (secondary N) is 1. The molecule has 0 spiro atoms. The number of unbranched alkanes of at least 4 members (excludes halogenated alkanes) is 1. The molecule has 1 heterocycles. The van der Waals surface area contributed by atoms with Crippen LogP contribution in [0, 0.1) is 6.92 Å². The lowest BCUT2D eigenvalue weighted by atomic mass is 9.71. The Kier molecular flexibility index (Phi) is 3.11. The molecule has 0 saturated carbocycles. The Balaban J connectivity index is 2.18. The first-order chi connectivity index (χ1) is 7.27. The zero-order valence-electron chi connectivity index (χ0n) is 9.84. The Morgan fingerprint density at radius 2 is 2.13 bits per heavy atom. The highest BCUT2D eigenvalue weighted by Crippen LogP contribution is 2.34. The smallest absolute Gasteiger partial charge is 0.0202 e. The molecule has 0 aromatic heterocycles. The predicted molar refractivity (Wildman–Crippen MR) is 65.3 cm³/mol. The maximum Gasteiger partial charge on any atom is 0.0202 e. The molecule has 1 nitrogen and oxygen atoms in total. The molecule has 0 unspecified atom stereocenters. The highest BCUT2D eigenvalue weighted by atomic mass is 15.0. The lowest BCUT2D eigenvalue weighted by molar-refractivity contribution is 0.251. The Morgan fingerprint density at radius 1 is 1.33 bits per heavy atom. The highest BCUT2D eigenvalue weighted by Gasteiger charge is 2.37. The van der Waals surface area contributed by atoms with Crippen LogP contribution in [0.15, 0.2) is 24.3 Å². The van der Waals surface area contributed by atoms with E-state index in [4.69, 9.17) is 0 Å². The number of hydrogen-bond acceptors (Lipinski definition) is 1. The van der Waals surface area contributed by atoms with Crippen molar-refractivity contribution in [2.45, 2.75) is 38.5 Å². The standard InChI is InChI=1S/C14H21N/c1-3-4-8-14(10-15-11-14)13-7-5-6-12(2)9-13/h5-7,9,15H,3-4,8,10-11H2,1-2H3. The first kappa shape index (κ1) is 10.7. The van der Waals surface area contributed by atoms with Crippen molar-refractivity contribution in [2.24, 2.45) is 0 Å². The van der Waals surface area contributed by atoms with E-state index in [1.807, 2.05) is 0 Å². The lowest BCUT2D eigenvalue weighted by Crippen LogP contribution is -2.56. The van der Waals surface area contributed by atoms with Gasteiger partial charge in [0, 0.05) is 18.5 Å². The van der Waals surface area contributed by atoms with Gasteiger partial charge in [0.05, 0.1) is 0 Å². The summed E-state index contributed by atoms with van der Waals surface area (Å²) in [5, 5.41) is 3.43. The van der Waals surface area contributed by atoms with Crippen LogP contribution in [0.5, 0.6) is 0 Å². The fourth-order valence-electron chi connectivity index (χ4n) is 2.44.